The van der Waals surface area contributed by atoms with Gasteiger partial charge in [-0.25, -0.2) is 4.79 Å². The molecule has 1 aromatic rings. The number of aryl methyl sites for hydroxylation is 1. The lowest BCUT2D eigenvalue weighted by Gasteiger charge is -2.59. The third-order valence-corrected chi connectivity index (χ3v) is 8.53. The predicted molar refractivity (Wildman–Crippen MR) is 114 cm³/mol. The number of hydrogen-bond donors (Lipinski definition) is 2. The molecule has 0 aliphatic heterocycles. The molecule has 1 unspecified atom stereocenters. The Kier molecular flexibility index (Phi) is 5.23. The number of thiocarbonyl (C=S) groups is 1. The van der Waals surface area contributed by atoms with E-state index in [1.165, 1.54) is 45.6 Å². The van der Waals surface area contributed by atoms with E-state index in [4.69, 9.17) is 17.0 Å². The first-order chi connectivity index (χ1) is 12.9. The number of rotatable bonds is 5. The second-order valence-corrected chi connectivity index (χ2v) is 10.4. The fourth-order valence-corrected chi connectivity index (χ4v) is 7.50. The number of carbonyl (C=O) groups excluding carboxylic acids is 1. The van der Waals surface area contributed by atoms with Gasteiger partial charge in [0.2, 0.25) is 0 Å². The zero-order chi connectivity index (χ0) is 19.2. The summed E-state index contributed by atoms with van der Waals surface area (Å²) in [4.78, 5) is 13.2. The van der Waals surface area contributed by atoms with Crippen LogP contribution < -0.4 is 10.6 Å². The van der Waals surface area contributed by atoms with Crippen LogP contribution in [0.15, 0.2) is 6.07 Å². The van der Waals surface area contributed by atoms with E-state index in [1.807, 2.05) is 6.07 Å². The molecule has 4 bridgehead atoms. The summed E-state index contributed by atoms with van der Waals surface area (Å²) < 4.78 is 4.93. The molecule has 4 fully saturated rings. The van der Waals surface area contributed by atoms with Gasteiger partial charge in [0.25, 0.3) is 0 Å². The van der Waals surface area contributed by atoms with Crippen molar-refractivity contribution >= 4 is 39.6 Å². The second kappa shape index (κ2) is 7.36. The molecule has 1 atom stereocenters. The summed E-state index contributed by atoms with van der Waals surface area (Å²) in [6.07, 6.45) is 9.29. The largest absolute Gasteiger partial charge is 0.465 e. The molecule has 5 rings (SSSR count). The van der Waals surface area contributed by atoms with E-state index in [9.17, 15) is 4.79 Å². The van der Waals surface area contributed by atoms with Gasteiger partial charge in [0.05, 0.1) is 12.7 Å². The minimum atomic E-state index is -0.314. The van der Waals surface area contributed by atoms with Crippen LogP contribution in [-0.2, 0) is 11.2 Å². The molecule has 4 aliphatic carbocycles. The molecule has 0 amide bonds. The summed E-state index contributed by atoms with van der Waals surface area (Å²) in [5, 5.41) is 8.26. The van der Waals surface area contributed by atoms with Crippen molar-refractivity contribution in [2.75, 3.05) is 12.4 Å². The molecule has 2 N–H and O–H groups in total. The van der Waals surface area contributed by atoms with Crippen LogP contribution in [0.2, 0.25) is 0 Å². The third-order valence-electron chi connectivity index (χ3n) is 7.12. The van der Waals surface area contributed by atoms with Gasteiger partial charge in [-0.05, 0) is 93.3 Å². The number of methoxy groups -OCH3 is 1. The fraction of sp³-hybridized carbons (Fsp3) is 0.714. The highest BCUT2D eigenvalue weighted by molar-refractivity contribution is 7.80. The Labute approximate surface area is 171 Å². The van der Waals surface area contributed by atoms with Gasteiger partial charge in [0.15, 0.2) is 5.11 Å². The Hall–Kier alpha value is -1.14. The second-order valence-electron chi connectivity index (χ2n) is 8.90. The molecule has 0 radical (unpaired) electrons. The topological polar surface area (TPSA) is 50.4 Å². The molecule has 1 aromatic heterocycles. The third kappa shape index (κ3) is 3.63. The van der Waals surface area contributed by atoms with Crippen molar-refractivity contribution in [2.45, 2.75) is 64.8 Å². The molecule has 6 heteroatoms. The summed E-state index contributed by atoms with van der Waals surface area (Å²) in [6.45, 7) is 4.39. The molecule has 0 saturated heterocycles. The maximum Gasteiger partial charge on any atom is 0.340 e. The van der Waals surface area contributed by atoms with Gasteiger partial charge in [-0.1, -0.05) is 6.92 Å². The summed E-state index contributed by atoms with van der Waals surface area (Å²) >= 11 is 7.21. The van der Waals surface area contributed by atoms with E-state index in [0.29, 0.717) is 22.1 Å². The van der Waals surface area contributed by atoms with E-state index in [2.05, 4.69) is 24.5 Å². The molecular formula is C21H30N2O2S2. The lowest BCUT2D eigenvalue weighted by atomic mass is 9.48. The SMILES string of the molecule is CCc1cc(C(=O)OC)c(NC(=S)NC(C)C23CC4CC(CC(C4)C2)C3)s1. The minimum absolute atomic E-state index is 0.314. The van der Waals surface area contributed by atoms with Crippen LogP contribution in [0.5, 0.6) is 0 Å². The van der Waals surface area contributed by atoms with Crippen molar-refractivity contribution in [3.05, 3.63) is 16.5 Å². The van der Waals surface area contributed by atoms with Crippen LogP contribution in [-0.4, -0.2) is 24.2 Å². The minimum Gasteiger partial charge on any atom is -0.465 e. The van der Waals surface area contributed by atoms with Gasteiger partial charge in [-0.3, -0.25) is 0 Å². The van der Waals surface area contributed by atoms with Crippen molar-refractivity contribution in [3.63, 3.8) is 0 Å². The van der Waals surface area contributed by atoms with E-state index in [0.717, 1.165) is 34.1 Å². The predicted octanol–water partition coefficient (Wildman–Crippen LogP) is 4.99. The highest BCUT2D eigenvalue weighted by Crippen LogP contribution is 2.61. The van der Waals surface area contributed by atoms with E-state index in [1.54, 1.807) is 11.3 Å². The van der Waals surface area contributed by atoms with Crippen molar-refractivity contribution in [3.8, 4) is 0 Å². The van der Waals surface area contributed by atoms with Crippen LogP contribution in [0, 0.1) is 23.2 Å². The lowest BCUT2D eigenvalue weighted by Crippen LogP contribution is -2.56. The normalized spacial score (nSPS) is 32.2. The lowest BCUT2D eigenvalue weighted by molar-refractivity contribution is -0.0671. The Morgan fingerprint density at radius 3 is 2.41 bits per heavy atom. The summed E-state index contributed by atoms with van der Waals surface area (Å²) in [6, 6.07) is 2.27. The smallest absolute Gasteiger partial charge is 0.340 e. The Morgan fingerprint density at radius 1 is 1.30 bits per heavy atom. The number of ether oxygens (including phenoxy) is 1. The zero-order valence-electron chi connectivity index (χ0n) is 16.5. The van der Waals surface area contributed by atoms with Crippen LogP contribution in [0.3, 0.4) is 0 Å². The van der Waals surface area contributed by atoms with E-state index < -0.39 is 0 Å². The summed E-state index contributed by atoms with van der Waals surface area (Å²) in [5.41, 5.74) is 0.973. The quantitative estimate of drug-likeness (QED) is 0.533. The van der Waals surface area contributed by atoms with Crippen LogP contribution in [0.25, 0.3) is 0 Å². The molecule has 4 aliphatic rings. The Morgan fingerprint density at radius 2 is 1.89 bits per heavy atom. The molecule has 27 heavy (non-hydrogen) atoms. The number of carbonyl (C=O) groups is 1. The average molecular weight is 407 g/mol. The van der Waals surface area contributed by atoms with Crippen molar-refractivity contribution in [1.29, 1.82) is 0 Å². The van der Waals surface area contributed by atoms with Gasteiger partial charge >= 0.3 is 5.97 Å². The molecule has 0 aromatic carbocycles. The molecule has 4 saturated carbocycles. The van der Waals surface area contributed by atoms with Gasteiger partial charge in [0, 0.05) is 10.9 Å². The van der Waals surface area contributed by atoms with Gasteiger partial charge < -0.3 is 15.4 Å². The van der Waals surface area contributed by atoms with Crippen LogP contribution in [0.4, 0.5) is 5.00 Å². The average Bonchev–Trinajstić information content (AvgIpc) is 3.02. The molecule has 148 valence electrons. The van der Waals surface area contributed by atoms with E-state index in [-0.39, 0.29) is 5.97 Å². The fourth-order valence-electron chi connectivity index (χ4n) is 6.17. The summed E-state index contributed by atoms with van der Waals surface area (Å²) in [5.74, 6) is 2.47. The van der Waals surface area contributed by atoms with E-state index >= 15 is 0 Å². The number of thiophene rings is 1. The molecule has 1 heterocycles. The Bertz CT molecular complexity index is 707. The molecular weight excluding hydrogens is 376 g/mol. The first-order valence-corrected chi connectivity index (χ1v) is 11.4. The molecule has 0 spiro atoms. The highest BCUT2D eigenvalue weighted by atomic mass is 32.1. The van der Waals surface area contributed by atoms with Crippen molar-refractivity contribution in [2.24, 2.45) is 23.2 Å². The standard InChI is InChI=1S/C21H30N2O2S2/c1-4-16-8-17(19(24)25-3)18(27-16)23-20(26)22-12(2)21-9-13-5-14(10-21)7-15(6-13)11-21/h8,12-15H,4-7,9-11H2,1-3H3,(H2,22,23,26). The molecule has 4 nitrogen and oxygen atoms in total. The number of anilines is 1. The number of esters is 1. The van der Waals surface area contributed by atoms with Crippen LogP contribution >= 0.6 is 23.6 Å². The maximum atomic E-state index is 12.1. The van der Waals surface area contributed by atoms with Gasteiger partial charge in [-0.15, -0.1) is 11.3 Å². The van der Waals surface area contributed by atoms with Gasteiger partial charge in [-0.2, -0.15) is 0 Å². The Balaban J connectivity index is 1.44. The number of hydrogen-bond acceptors (Lipinski definition) is 4. The zero-order valence-corrected chi connectivity index (χ0v) is 18.1. The van der Waals surface area contributed by atoms with Crippen LogP contribution in [0.1, 0.15) is 67.6 Å². The number of nitrogens with one attached hydrogen (secondary N) is 2. The van der Waals surface area contributed by atoms with Crippen molar-refractivity contribution < 1.29 is 9.53 Å². The monoisotopic (exact) mass is 406 g/mol. The van der Waals surface area contributed by atoms with Gasteiger partial charge in [0.1, 0.15) is 5.00 Å². The maximum absolute atomic E-state index is 12.1. The van der Waals surface area contributed by atoms with Crippen molar-refractivity contribution in [1.82, 2.24) is 5.32 Å². The first-order valence-electron chi connectivity index (χ1n) is 10.2. The first kappa shape index (κ1) is 19.2. The highest BCUT2D eigenvalue weighted by Gasteiger charge is 2.53. The summed E-state index contributed by atoms with van der Waals surface area (Å²) in [7, 11) is 1.42.